The Labute approximate surface area is 187 Å². The number of carboxylic acids is 1. The van der Waals surface area contributed by atoms with Crippen molar-refractivity contribution in [2.45, 2.75) is 6.92 Å². The van der Waals surface area contributed by atoms with E-state index in [1.54, 1.807) is 36.4 Å². The molecule has 0 unspecified atom stereocenters. The molecule has 7 heteroatoms. The zero-order valence-corrected chi connectivity index (χ0v) is 17.5. The van der Waals surface area contributed by atoms with Crippen molar-refractivity contribution in [2.24, 2.45) is 5.10 Å². The van der Waals surface area contributed by atoms with Crippen LogP contribution in [0.25, 0.3) is 33.1 Å². The summed E-state index contributed by atoms with van der Waals surface area (Å²) in [6.07, 6.45) is 1.37. The van der Waals surface area contributed by atoms with Crippen molar-refractivity contribution in [1.29, 1.82) is 0 Å². The summed E-state index contributed by atoms with van der Waals surface area (Å²) in [5.74, 6) is -0.428. The molecule has 0 saturated carbocycles. The fourth-order valence-corrected chi connectivity index (χ4v) is 3.70. The van der Waals surface area contributed by atoms with E-state index in [2.05, 4.69) is 10.5 Å². The quantitative estimate of drug-likeness (QED) is 0.274. The molecule has 0 atom stereocenters. The van der Waals surface area contributed by atoms with Gasteiger partial charge in [-0.2, -0.15) is 5.10 Å². The molecule has 7 nitrogen and oxygen atoms in total. The number of nitrogens with zero attached hydrogens (tertiary/aromatic N) is 1. The highest BCUT2D eigenvalue weighted by Crippen LogP contribution is 2.28. The van der Waals surface area contributed by atoms with Gasteiger partial charge in [0.05, 0.1) is 11.8 Å². The van der Waals surface area contributed by atoms with Crippen LogP contribution in [0, 0.1) is 6.92 Å². The summed E-state index contributed by atoms with van der Waals surface area (Å²) in [7, 11) is 0. The molecule has 0 fully saturated rings. The lowest BCUT2D eigenvalue weighted by molar-refractivity contribution is 0.0696. The number of carboxylic acid groups (broad SMARTS) is 1. The van der Waals surface area contributed by atoms with Crippen molar-refractivity contribution in [2.75, 3.05) is 0 Å². The predicted octanol–water partition coefficient (Wildman–Crippen LogP) is 5.62. The monoisotopic (exact) mass is 438 g/mol. The summed E-state index contributed by atoms with van der Waals surface area (Å²) in [4.78, 5) is 23.8. The van der Waals surface area contributed by atoms with Crippen LogP contribution >= 0.6 is 0 Å². The Hall–Kier alpha value is -4.65. The van der Waals surface area contributed by atoms with Gasteiger partial charge in [0, 0.05) is 10.9 Å². The van der Waals surface area contributed by atoms with Crippen molar-refractivity contribution in [3.8, 4) is 11.3 Å². The molecule has 0 aliphatic heterocycles. The van der Waals surface area contributed by atoms with Crippen LogP contribution in [0.15, 0.2) is 86.7 Å². The van der Waals surface area contributed by atoms with Crippen LogP contribution in [-0.2, 0) is 0 Å². The van der Waals surface area contributed by atoms with Gasteiger partial charge in [0.1, 0.15) is 17.1 Å². The molecule has 1 amide bonds. The Bertz CT molecular complexity index is 1560. The number of carbonyl (C=O) groups excluding carboxylic acids is 1. The number of aryl methyl sites for hydroxylation is 1. The first-order valence-corrected chi connectivity index (χ1v) is 10.2. The summed E-state index contributed by atoms with van der Waals surface area (Å²) in [5, 5.41) is 16.1. The minimum absolute atomic E-state index is 0.153. The second kappa shape index (κ2) is 8.12. The lowest BCUT2D eigenvalue weighted by atomic mass is 10.0. The van der Waals surface area contributed by atoms with Gasteiger partial charge in [-0.05, 0) is 59.7 Å². The van der Waals surface area contributed by atoms with E-state index in [4.69, 9.17) is 8.83 Å². The minimum atomic E-state index is -1.01. The third kappa shape index (κ3) is 3.87. The summed E-state index contributed by atoms with van der Waals surface area (Å²) in [5.41, 5.74) is 4.79. The lowest BCUT2D eigenvalue weighted by Gasteiger charge is -2.04. The lowest BCUT2D eigenvalue weighted by Crippen LogP contribution is -2.16. The van der Waals surface area contributed by atoms with Crippen LogP contribution in [0.4, 0.5) is 0 Å². The smallest absolute Gasteiger partial charge is 0.335 e. The molecule has 33 heavy (non-hydrogen) atoms. The molecule has 5 rings (SSSR count). The first-order chi connectivity index (χ1) is 16.0. The van der Waals surface area contributed by atoms with Crippen LogP contribution in [0.1, 0.15) is 32.2 Å². The van der Waals surface area contributed by atoms with Gasteiger partial charge in [-0.1, -0.05) is 36.4 Å². The predicted molar refractivity (Wildman–Crippen MR) is 125 cm³/mol. The Morgan fingerprint density at radius 3 is 2.64 bits per heavy atom. The van der Waals surface area contributed by atoms with E-state index in [0.29, 0.717) is 22.7 Å². The third-order valence-corrected chi connectivity index (χ3v) is 5.38. The topological polar surface area (TPSA) is 105 Å². The van der Waals surface area contributed by atoms with Crippen molar-refractivity contribution in [1.82, 2.24) is 5.43 Å². The van der Waals surface area contributed by atoms with Crippen molar-refractivity contribution >= 4 is 39.8 Å². The average molecular weight is 438 g/mol. The summed E-state index contributed by atoms with van der Waals surface area (Å²) in [6.45, 7) is 1.87. The standard InChI is InChI=1S/C26H18N2O5/c1-15-6-7-17(26(30)31)12-20(15)22-11-9-18(32-22)14-27-28-25(29)24-13-21-19-5-3-2-4-16(19)8-10-23(21)33-24/h2-14H,1H3,(H,28,29)(H,30,31). The molecule has 0 bridgehead atoms. The molecule has 2 N–H and O–H groups in total. The van der Waals surface area contributed by atoms with Crippen molar-refractivity contribution in [3.63, 3.8) is 0 Å². The van der Waals surface area contributed by atoms with E-state index in [-0.39, 0.29) is 11.3 Å². The maximum absolute atomic E-state index is 12.5. The van der Waals surface area contributed by atoms with Crippen LogP contribution < -0.4 is 5.43 Å². The van der Waals surface area contributed by atoms with Gasteiger partial charge in [0.25, 0.3) is 0 Å². The maximum atomic E-state index is 12.5. The second-order valence-corrected chi connectivity index (χ2v) is 7.55. The summed E-state index contributed by atoms with van der Waals surface area (Å²) >= 11 is 0. The maximum Gasteiger partial charge on any atom is 0.335 e. The number of carbonyl (C=O) groups is 2. The molecule has 5 aromatic rings. The Kier molecular flexibility index (Phi) is 4.99. The largest absolute Gasteiger partial charge is 0.478 e. The van der Waals surface area contributed by atoms with E-state index in [0.717, 1.165) is 21.7 Å². The number of nitrogens with one attached hydrogen (secondary N) is 1. The Morgan fingerprint density at radius 2 is 1.79 bits per heavy atom. The van der Waals surface area contributed by atoms with E-state index >= 15 is 0 Å². The molecule has 0 aliphatic rings. The molecule has 0 aliphatic carbocycles. The third-order valence-electron chi connectivity index (χ3n) is 5.38. The molecule has 0 saturated heterocycles. The number of furan rings is 2. The van der Waals surface area contributed by atoms with Crippen LogP contribution in [0.3, 0.4) is 0 Å². The molecule has 2 aromatic heterocycles. The SMILES string of the molecule is Cc1ccc(C(=O)O)cc1-c1ccc(C=NNC(=O)c2cc3c(ccc4ccccc43)o2)o1. The first-order valence-electron chi connectivity index (χ1n) is 10.2. The zero-order valence-electron chi connectivity index (χ0n) is 17.5. The normalized spacial score (nSPS) is 11.4. The number of hydrazone groups is 1. The molecule has 2 heterocycles. The minimum Gasteiger partial charge on any atom is -0.478 e. The van der Waals surface area contributed by atoms with E-state index in [9.17, 15) is 14.7 Å². The van der Waals surface area contributed by atoms with Gasteiger partial charge in [-0.25, -0.2) is 10.2 Å². The molecular weight excluding hydrogens is 420 g/mol. The Balaban J connectivity index is 1.33. The summed E-state index contributed by atoms with van der Waals surface area (Å²) in [6, 6.07) is 21.6. The molecule has 162 valence electrons. The number of rotatable bonds is 5. The van der Waals surface area contributed by atoms with E-state index in [1.807, 2.05) is 43.3 Å². The number of hydrogen-bond acceptors (Lipinski definition) is 5. The zero-order chi connectivity index (χ0) is 22.9. The van der Waals surface area contributed by atoms with Crippen molar-refractivity contribution in [3.05, 3.63) is 95.4 Å². The van der Waals surface area contributed by atoms with Crippen LogP contribution in [0.5, 0.6) is 0 Å². The van der Waals surface area contributed by atoms with Crippen LogP contribution in [0.2, 0.25) is 0 Å². The molecular formula is C26H18N2O5. The van der Waals surface area contributed by atoms with Gasteiger partial charge in [-0.15, -0.1) is 0 Å². The van der Waals surface area contributed by atoms with Gasteiger partial charge < -0.3 is 13.9 Å². The molecule has 3 aromatic carbocycles. The summed E-state index contributed by atoms with van der Waals surface area (Å²) < 4.78 is 11.4. The highest BCUT2D eigenvalue weighted by Gasteiger charge is 2.14. The van der Waals surface area contributed by atoms with E-state index < -0.39 is 11.9 Å². The molecule has 0 radical (unpaired) electrons. The molecule has 0 spiro atoms. The van der Waals surface area contributed by atoms with E-state index in [1.165, 1.54) is 6.21 Å². The van der Waals surface area contributed by atoms with Gasteiger partial charge >= 0.3 is 11.9 Å². The fourth-order valence-electron chi connectivity index (χ4n) is 3.70. The fraction of sp³-hybridized carbons (Fsp3) is 0.0385. The Morgan fingerprint density at radius 1 is 0.939 bits per heavy atom. The number of fused-ring (bicyclic) bond motifs is 3. The number of aromatic carboxylic acids is 1. The first kappa shape index (κ1) is 20.3. The van der Waals surface area contributed by atoms with Gasteiger partial charge in [0.15, 0.2) is 5.76 Å². The van der Waals surface area contributed by atoms with Gasteiger partial charge in [0.2, 0.25) is 0 Å². The number of benzene rings is 3. The highest BCUT2D eigenvalue weighted by atomic mass is 16.4. The van der Waals surface area contributed by atoms with Gasteiger partial charge in [-0.3, -0.25) is 4.79 Å². The number of amides is 1. The second-order valence-electron chi connectivity index (χ2n) is 7.55. The average Bonchev–Trinajstić information content (AvgIpc) is 3.46. The van der Waals surface area contributed by atoms with Crippen LogP contribution in [-0.4, -0.2) is 23.2 Å². The number of hydrogen-bond donors (Lipinski definition) is 2. The van der Waals surface area contributed by atoms with Crippen molar-refractivity contribution < 1.29 is 23.5 Å². The highest BCUT2D eigenvalue weighted by molar-refractivity contribution is 6.08.